The predicted molar refractivity (Wildman–Crippen MR) is 118 cm³/mol. The van der Waals surface area contributed by atoms with Crippen molar-refractivity contribution in [1.82, 2.24) is 0 Å². The van der Waals surface area contributed by atoms with Crippen molar-refractivity contribution in [1.29, 1.82) is 0 Å². The summed E-state index contributed by atoms with van der Waals surface area (Å²) in [6, 6.07) is 8.85. The summed E-state index contributed by atoms with van der Waals surface area (Å²) < 4.78 is 16.4. The topological polar surface area (TPSA) is 65.7 Å². The number of esters is 1. The minimum absolute atomic E-state index is 0.0382. The summed E-state index contributed by atoms with van der Waals surface area (Å²) in [5.74, 6) is 0.277. The highest BCUT2D eigenvalue weighted by molar-refractivity contribution is 6.31. The molecule has 0 aliphatic carbocycles. The Morgan fingerprint density at radius 2 is 1.83 bits per heavy atom. The normalized spacial score (nSPS) is 11.2. The largest absolute Gasteiger partial charge is 0.482 e. The molecule has 0 saturated carbocycles. The first-order valence-corrected chi connectivity index (χ1v) is 10.2. The fraction of sp³-hybridized carbons (Fsp3) is 0.333. The zero-order valence-corrected chi connectivity index (χ0v) is 18.6. The lowest BCUT2D eigenvalue weighted by atomic mass is 10.0. The SMILES string of the molecule is Cc1cc(OCC(=O)OCc2cc(=O)oc3c(C)c(C)ccc23)c(C(C)C)cc1Cl. The summed E-state index contributed by atoms with van der Waals surface area (Å²) in [4.78, 5) is 24.2. The van der Waals surface area contributed by atoms with E-state index in [-0.39, 0.29) is 19.1 Å². The van der Waals surface area contributed by atoms with Crippen molar-refractivity contribution in [2.75, 3.05) is 6.61 Å². The first-order valence-electron chi connectivity index (χ1n) is 9.78. The number of aryl methyl sites for hydroxylation is 3. The first-order chi connectivity index (χ1) is 14.2. The van der Waals surface area contributed by atoms with Crippen molar-refractivity contribution in [3.05, 3.63) is 73.6 Å². The van der Waals surface area contributed by atoms with Crippen LogP contribution in [0.3, 0.4) is 0 Å². The number of carbonyl (C=O) groups is 1. The highest BCUT2D eigenvalue weighted by Gasteiger charge is 2.15. The lowest BCUT2D eigenvalue weighted by molar-refractivity contribution is -0.147. The molecule has 0 unspecified atom stereocenters. The molecule has 2 aromatic carbocycles. The quantitative estimate of drug-likeness (QED) is 0.376. The molecule has 0 N–H and O–H groups in total. The Morgan fingerprint density at radius 3 is 2.53 bits per heavy atom. The molecule has 0 fully saturated rings. The number of fused-ring (bicyclic) bond motifs is 1. The Kier molecular flexibility index (Phi) is 6.52. The standard InChI is InChI=1S/C24H25ClO5/c1-13(2)19-10-20(25)15(4)8-21(19)28-12-23(27)29-11-17-9-22(26)30-24-16(5)14(3)6-7-18(17)24/h6-10,13H,11-12H2,1-5H3. The van der Waals surface area contributed by atoms with E-state index in [0.717, 1.165) is 27.6 Å². The van der Waals surface area contributed by atoms with Crippen molar-refractivity contribution in [2.45, 2.75) is 47.1 Å². The fourth-order valence-corrected chi connectivity index (χ4v) is 3.40. The van der Waals surface area contributed by atoms with Gasteiger partial charge in [0.15, 0.2) is 6.61 Å². The lowest BCUT2D eigenvalue weighted by Gasteiger charge is -2.16. The van der Waals surface area contributed by atoms with E-state index in [4.69, 9.17) is 25.5 Å². The minimum atomic E-state index is -0.525. The van der Waals surface area contributed by atoms with Crippen LogP contribution < -0.4 is 10.4 Å². The Labute approximate surface area is 180 Å². The second-order valence-electron chi connectivity index (χ2n) is 7.72. The lowest BCUT2D eigenvalue weighted by Crippen LogP contribution is -2.16. The third-order valence-electron chi connectivity index (χ3n) is 5.16. The van der Waals surface area contributed by atoms with Crippen molar-refractivity contribution in [2.24, 2.45) is 0 Å². The monoisotopic (exact) mass is 428 g/mol. The molecule has 0 atom stereocenters. The van der Waals surface area contributed by atoms with Gasteiger partial charge >= 0.3 is 11.6 Å². The van der Waals surface area contributed by atoms with Gasteiger partial charge in [-0.15, -0.1) is 0 Å². The molecule has 3 aromatic rings. The van der Waals surface area contributed by atoms with Crippen molar-refractivity contribution in [3.63, 3.8) is 0 Å². The highest BCUT2D eigenvalue weighted by atomic mass is 35.5. The van der Waals surface area contributed by atoms with Crippen LogP contribution in [-0.2, 0) is 16.1 Å². The number of ether oxygens (including phenoxy) is 2. The molecule has 0 spiro atoms. The summed E-state index contributed by atoms with van der Waals surface area (Å²) in [5, 5.41) is 1.41. The second kappa shape index (κ2) is 8.92. The third-order valence-corrected chi connectivity index (χ3v) is 5.57. The molecule has 0 aliphatic heterocycles. The Morgan fingerprint density at radius 1 is 1.10 bits per heavy atom. The van der Waals surface area contributed by atoms with Crippen LogP contribution in [0.15, 0.2) is 39.5 Å². The smallest absolute Gasteiger partial charge is 0.344 e. The minimum Gasteiger partial charge on any atom is -0.482 e. The van der Waals surface area contributed by atoms with Crippen LogP contribution in [0.25, 0.3) is 11.0 Å². The number of benzene rings is 2. The van der Waals surface area contributed by atoms with E-state index in [2.05, 4.69) is 0 Å². The molecule has 1 aromatic heterocycles. The van der Waals surface area contributed by atoms with Crippen LogP contribution in [0.2, 0.25) is 5.02 Å². The van der Waals surface area contributed by atoms with Gasteiger partial charge < -0.3 is 13.9 Å². The van der Waals surface area contributed by atoms with Gasteiger partial charge in [0.05, 0.1) is 0 Å². The number of hydrogen-bond acceptors (Lipinski definition) is 5. The zero-order valence-electron chi connectivity index (χ0n) is 17.8. The molecule has 158 valence electrons. The van der Waals surface area contributed by atoms with Crippen LogP contribution in [0.4, 0.5) is 0 Å². The van der Waals surface area contributed by atoms with Crippen molar-refractivity contribution < 1.29 is 18.7 Å². The van der Waals surface area contributed by atoms with Gasteiger partial charge in [0.25, 0.3) is 0 Å². The van der Waals surface area contributed by atoms with E-state index in [1.165, 1.54) is 6.07 Å². The van der Waals surface area contributed by atoms with Gasteiger partial charge in [-0.25, -0.2) is 9.59 Å². The first kappa shape index (κ1) is 21.9. The van der Waals surface area contributed by atoms with Gasteiger partial charge in [0, 0.05) is 22.0 Å². The van der Waals surface area contributed by atoms with Crippen molar-refractivity contribution in [3.8, 4) is 5.75 Å². The maximum Gasteiger partial charge on any atom is 0.344 e. The van der Waals surface area contributed by atoms with Gasteiger partial charge in [0.1, 0.15) is 17.9 Å². The van der Waals surface area contributed by atoms with Crippen LogP contribution >= 0.6 is 11.6 Å². The van der Waals surface area contributed by atoms with Crippen LogP contribution in [0, 0.1) is 20.8 Å². The van der Waals surface area contributed by atoms with E-state index in [9.17, 15) is 9.59 Å². The summed E-state index contributed by atoms with van der Waals surface area (Å²) in [5.41, 5.74) is 4.35. The number of carbonyl (C=O) groups excluding carboxylic acids is 1. The molecule has 3 rings (SSSR count). The number of halogens is 1. The van der Waals surface area contributed by atoms with E-state index in [1.54, 1.807) is 0 Å². The average molecular weight is 429 g/mol. The molecule has 6 heteroatoms. The molecular formula is C24H25ClO5. The molecule has 0 radical (unpaired) electrons. The molecule has 30 heavy (non-hydrogen) atoms. The number of hydrogen-bond donors (Lipinski definition) is 0. The average Bonchev–Trinajstić information content (AvgIpc) is 2.69. The fourth-order valence-electron chi connectivity index (χ4n) is 3.23. The van der Waals surface area contributed by atoms with Gasteiger partial charge in [-0.1, -0.05) is 37.6 Å². The van der Waals surface area contributed by atoms with Crippen molar-refractivity contribution >= 4 is 28.5 Å². The molecule has 5 nitrogen and oxygen atoms in total. The Bertz CT molecular complexity index is 1160. The van der Waals surface area contributed by atoms with Crippen LogP contribution in [0.5, 0.6) is 5.75 Å². The van der Waals surface area contributed by atoms with E-state index in [0.29, 0.717) is 21.9 Å². The maximum atomic E-state index is 12.3. The third kappa shape index (κ3) is 4.68. The summed E-state index contributed by atoms with van der Waals surface area (Å²) >= 11 is 6.21. The van der Waals surface area contributed by atoms with Crippen LogP contribution in [-0.4, -0.2) is 12.6 Å². The second-order valence-corrected chi connectivity index (χ2v) is 8.13. The van der Waals surface area contributed by atoms with Gasteiger partial charge in [-0.05, 0) is 61.1 Å². The maximum absolute atomic E-state index is 12.3. The molecular weight excluding hydrogens is 404 g/mol. The molecule has 0 saturated heterocycles. The number of rotatable bonds is 6. The highest BCUT2D eigenvalue weighted by Crippen LogP contribution is 2.32. The van der Waals surface area contributed by atoms with E-state index < -0.39 is 11.6 Å². The molecule has 0 bridgehead atoms. The molecule has 1 heterocycles. The molecule has 0 amide bonds. The molecule has 0 aliphatic rings. The van der Waals surface area contributed by atoms with Gasteiger partial charge in [-0.3, -0.25) is 0 Å². The van der Waals surface area contributed by atoms with Crippen LogP contribution in [0.1, 0.15) is 47.6 Å². The Balaban J connectivity index is 1.73. The summed E-state index contributed by atoms with van der Waals surface area (Å²) in [6.45, 7) is 9.51. The van der Waals surface area contributed by atoms with Gasteiger partial charge in [-0.2, -0.15) is 0 Å². The Hall–Kier alpha value is -2.79. The summed E-state index contributed by atoms with van der Waals surface area (Å²) in [7, 11) is 0. The van der Waals surface area contributed by atoms with E-state index >= 15 is 0 Å². The zero-order chi connectivity index (χ0) is 22.0. The predicted octanol–water partition coefficient (Wildman–Crippen LogP) is 5.62. The van der Waals surface area contributed by atoms with Gasteiger partial charge in [0.2, 0.25) is 0 Å². The van der Waals surface area contributed by atoms with E-state index in [1.807, 2.05) is 58.9 Å². The summed E-state index contributed by atoms with van der Waals surface area (Å²) in [6.07, 6.45) is 0.